The minimum atomic E-state index is -0.349. The van der Waals surface area contributed by atoms with Crippen molar-refractivity contribution in [2.24, 2.45) is 0 Å². The molecule has 1 aromatic carbocycles. The first kappa shape index (κ1) is 13.3. The fraction of sp³-hybridized carbons (Fsp3) is 0.188. The van der Waals surface area contributed by atoms with Crippen molar-refractivity contribution in [1.29, 1.82) is 0 Å². The van der Waals surface area contributed by atoms with Gasteiger partial charge in [0.05, 0.1) is 12.2 Å². The van der Waals surface area contributed by atoms with Crippen LogP contribution in [0.5, 0.6) is 0 Å². The molecule has 0 aliphatic rings. The smallest absolute Gasteiger partial charge is 0.338 e. The molecule has 3 aromatic rings. The first-order valence-electron chi connectivity index (χ1n) is 6.77. The molecule has 3 rings (SSSR count). The standard InChI is InChI=1S/C16H15N3O2/c1-3-21-16(20)13-8-9-19-15(17-10-18-19)14(13)12-6-4-11(2)5-7-12/h4-10H,3H2,1-2H3. The summed E-state index contributed by atoms with van der Waals surface area (Å²) in [6.07, 6.45) is 3.19. The number of aryl methyl sites for hydroxylation is 1. The number of carbonyl (C=O) groups is 1. The van der Waals surface area contributed by atoms with Gasteiger partial charge in [-0.25, -0.2) is 14.3 Å². The van der Waals surface area contributed by atoms with Crippen LogP contribution >= 0.6 is 0 Å². The molecule has 2 heterocycles. The predicted octanol–water partition coefficient (Wildman–Crippen LogP) is 2.88. The summed E-state index contributed by atoms with van der Waals surface area (Å²) in [6, 6.07) is 9.67. The van der Waals surface area contributed by atoms with Gasteiger partial charge in [0.1, 0.15) is 6.33 Å². The monoisotopic (exact) mass is 281 g/mol. The first-order valence-corrected chi connectivity index (χ1v) is 6.77. The molecule has 0 radical (unpaired) electrons. The Labute approximate surface area is 122 Å². The third kappa shape index (κ3) is 2.38. The molecule has 0 spiro atoms. The summed E-state index contributed by atoms with van der Waals surface area (Å²) in [5.41, 5.74) is 3.96. The molecule has 2 aromatic heterocycles. The number of hydrogen-bond donors (Lipinski definition) is 0. The highest BCUT2D eigenvalue weighted by atomic mass is 16.5. The number of ether oxygens (including phenoxy) is 1. The van der Waals surface area contributed by atoms with E-state index in [4.69, 9.17) is 4.74 Å². The number of pyridine rings is 1. The molecular formula is C16H15N3O2. The van der Waals surface area contributed by atoms with Crippen molar-refractivity contribution in [3.05, 3.63) is 54.0 Å². The zero-order valence-electron chi connectivity index (χ0n) is 11.9. The maximum Gasteiger partial charge on any atom is 0.338 e. The molecule has 0 aliphatic carbocycles. The minimum absolute atomic E-state index is 0.337. The number of carbonyl (C=O) groups excluding carboxylic acids is 1. The third-order valence-electron chi connectivity index (χ3n) is 3.28. The SMILES string of the molecule is CCOC(=O)c1ccn2ncnc2c1-c1ccc(C)cc1. The molecule has 0 unspecified atom stereocenters. The van der Waals surface area contributed by atoms with Crippen LogP contribution in [-0.4, -0.2) is 27.2 Å². The second-order valence-corrected chi connectivity index (χ2v) is 4.72. The molecule has 0 bridgehead atoms. The summed E-state index contributed by atoms with van der Waals surface area (Å²) in [6.45, 7) is 4.15. The van der Waals surface area contributed by atoms with E-state index >= 15 is 0 Å². The first-order chi connectivity index (χ1) is 10.2. The number of benzene rings is 1. The summed E-state index contributed by atoms with van der Waals surface area (Å²) in [7, 11) is 0. The van der Waals surface area contributed by atoms with Crippen molar-refractivity contribution in [3.63, 3.8) is 0 Å². The molecule has 5 heteroatoms. The molecule has 21 heavy (non-hydrogen) atoms. The van der Waals surface area contributed by atoms with E-state index in [0.717, 1.165) is 16.7 Å². The van der Waals surface area contributed by atoms with Crippen LogP contribution in [0.3, 0.4) is 0 Å². The van der Waals surface area contributed by atoms with Gasteiger partial charge in [0.15, 0.2) is 5.65 Å². The molecule has 0 saturated carbocycles. The number of aromatic nitrogens is 3. The van der Waals surface area contributed by atoms with Crippen molar-refractivity contribution in [1.82, 2.24) is 14.6 Å². The van der Waals surface area contributed by atoms with Gasteiger partial charge in [-0.2, -0.15) is 5.10 Å². The summed E-state index contributed by atoms with van der Waals surface area (Å²) in [4.78, 5) is 16.5. The van der Waals surface area contributed by atoms with Crippen molar-refractivity contribution in [2.45, 2.75) is 13.8 Å². The Hall–Kier alpha value is -2.69. The van der Waals surface area contributed by atoms with E-state index in [9.17, 15) is 4.79 Å². The van der Waals surface area contributed by atoms with Crippen LogP contribution in [0.15, 0.2) is 42.9 Å². The average Bonchev–Trinajstić information content (AvgIpc) is 2.96. The molecule has 0 saturated heterocycles. The predicted molar refractivity (Wildman–Crippen MR) is 79.1 cm³/mol. The fourth-order valence-corrected chi connectivity index (χ4v) is 2.27. The maximum absolute atomic E-state index is 12.2. The highest BCUT2D eigenvalue weighted by molar-refractivity contribution is 6.01. The van der Waals surface area contributed by atoms with Gasteiger partial charge in [-0.05, 0) is 25.5 Å². The Kier molecular flexibility index (Phi) is 3.39. The summed E-state index contributed by atoms with van der Waals surface area (Å²) in [5, 5.41) is 4.12. The molecule has 0 aliphatic heterocycles. The lowest BCUT2D eigenvalue weighted by molar-refractivity contribution is 0.0527. The zero-order chi connectivity index (χ0) is 14.8. The second kappa shape index (κ2) is 5.36. The number of esters is 1. The molecular weight excluding hydrogens is 266 g/mol. The number of nitrogens with zero attached hydrogens (tertiary/aromatic N) is 3. The quantitative estimate of drug-likeness (QED) is 0.693. The molecule has 0 N–H and O–H groups in total. The van der Waals surface area contributed by atoms with Gasteiger partial charge in [-0.3, -0.25) is 0 Å². The summed E-state index contributed by atoms with van der Waals surface area (Å²) in [5.74, 6) is -0.349. The van der Waals surface area contributed by atoms with E-state index in [1.807, 2.05) is 31.2 Å². The molecule has 0 atom stereocenters. The van der Waals surface area contributed by atoms with Crippen molar-refractivity contribution >= 4 is 11.6 Å². The van der Waals surface area contributed by atoms with Crippen molar-refractivity contribution in [2.75, 3.05) is 6.61 Å². The Morgan fingerprint density at radius 3 is 2.71 bits per heavy atom. The Balaban J connectivity index is 2.25. The highest BCUT2D eigenvalue weighted by Gasteiger charge is 2.18. The van der Waals surface area contributed by atoms with Crippen LogP contribution in [0.25, 0.3) is 16.8 Å². The van der Waals surface area contributed by atoms with Gasteiger partial charge in [0, 0.05) is 11.8 Å². The molecule has 5 nitrogen and oxygen atoms in total. The minimum Gasteiger partial charge on any atom is -0.462 e. The largest absolute Gasteiger partial charge is 0.462 e. The topological polar surface area (TPSA) is 56.5 Å². The van der Waals surface area contributed by atoms with Crippen molar-refractivity contribution in [3.8, 4) is 11.1 Å². The summed E-state index contributed by atoms with van der Waals surface area (Å²) < 4.78 is 6.79. The van der Waals surface area contributed by atoms with Gasteiger partial charge in [-0.1, -0.05) is 29.8 Å². The maximum atomic E-state index is 12.2. The summed E-state index contributed by atoms with van der Waals surface area (Å²) >= 11 is 0. The van der Waals surface area contributed by atoms with Crippen LogP contribution in [0.1, 0.15) is 22.8 Å². The van der Waals surface area contributed by atoms with Crippen molar-refractivity contribution < 1.29 is 9.53 Å². The van der Waals surface area contributed by atoms with E-state index in [1.54, 1.807) is 23.7 Å². The lowest BCUT2D eigenvalue weighted by Gasteiger charge is -2.10. The van der Waals surface area contributed by atoms with Gasteiger partial charge in [-0.15, -0.1) is 0 Å². The molecule has 0 fully saturated rings. The fourth-order valence-electron chi connectivity index (χ4n) is 2.27. The van der Waals surface area contributed by atoms with E-state index in [0.29, 0.717) is 17.8 Å². The van der Waals surface area contributed by atoms with Crippen LogP contribution < -0.4 is 0 Å². The van der Waals surface area contributed by atoms with Gasteiger partial charge in [0.25, 0.3) is 0 Å². The third-order valence-corrected chi connectivity index (χ3v) is 3.28. The van der Waals surface area contributed by atoms with E-state index in [2.05, 4.69) is 10.1 Å². The Morgan fingerprint density at radius 2 is 2.00 bits per heavy atom. The average molecular weight is 281 g/mol. The Bertz CT molecular complexity index is 791. The van der Waals surface area contributed by atoms with Gasteiger partial charge >= 0.3 is 5.97 Å². The normalized spacial score (nSPS) is 10.8. The van der Waals surface area contributed by atoms with E-state index in [-0.39, 0.29) is 5.97 Å². The molecule has 0 amide bonds. The lowest BCUT2D eigenvalue weighted by atomic mass is 10.0. The Morgan fingerprint density at radius 1 is 1.24 bits per heavy atom. The van der Waals surface area contributed by atoms with Gasteiger partial charge in [0.2, 0.25) is 0 Å². The highest BCUT2D eigenvalue weighted by Crippen LogP contribution is 2.28. The zero-order valence-corrected chi connectivity index (χ0v) is 11.9. The number of rotatable bonds is 3. The van der Waals surface area contributed by atoms with Crippen LogP contribution in [0, 0.1) is 6.92 Å². The number of fused-ring (bicyclic) bond motifs is 1. The van der Waals surface area contributed by atoms with Crippen LogP contribution in [-0.2, 0) is 4.74 Å². The van der Waals surface area contributed by atoms with Crippen LogP contribution in [0.2, 0.25) is 0 Å². The van der Waals surface area contributed by atoms with Gasteiger partial charge < -0.3 is 4.74 Å². The number of hydrogen-bond acceptors (Lipinski definition) is 4. The van der Waals surface area contributed by atoms with Crippen LogP contribution in [0.4, 0.5) is 0 Å². The van der Waals surface area contributed by atoms with E-state index in [1.165, 1.54) is 6.33 Å². The lowest BCUT2D eigenvalue weighted by Crippen LogP contribution is -2.08. The second-order valence-electron chi connectivity index (χ2n) is 4.72. The van der Waals surface area contributed by atoms with E-state index < -0.39 is 0 Å². The molecule has 106 valence electrons.